The number of nitrogens with one attached hydrogen (secondary N) is 1. The Labute approximate surface area is 184 Å². The van der Waals surface area contributed by atoms with Gasteiger partial charge >= 0.3 is 12.1 Å². The van der Waals surface area contributed by atoms with E-state index in [0.717, 1.165) is 0 Å². The lowest BCUT2D eigenvalue weighted by molar-refractivity contribution is -0.141. The number of carboxylic acids is 1. The van der Waals surface area contributed by atoms with Crippen LogP contribution in [0.2, 0.25) is 0 Å². The number of aliphatic carboxylic acids is 1. The number of nitrogens with zero attached hydrogens (tertiary/aromatic N) is 1. The van der Waals surface area contributed by atoms with Crippen LogP contribution in [0, 0.1) is 5.92 Å². The molecule has 8 nitrogen and oxygen atoms in total. The van der Waals surface area contributed by atoms with E-state index in [1.54, 1.807) is 7.05 Å². The van der Waals surface area contributed by atoms with Crippen LogP contribution in [0.15, 0.2) is 16.7 Å². The fraction of sp³-hybridized carbons (Fsp3) is 0.571. The number of nitrogens with two attached hydrogens (primary N) is 1. The topological polar surface area (TPSA) is 128 Å². The molecule has 0 saturated carbocycles. The summed E-state index contributed by atoms with van der Waals surface area (Å²) in [5.41, 5.74) is 4.99. The largest absolute Gasteiger partial charge is 0.493 e. The lowest BCUT2D eigenvalue weighted by Gasteiger charge is -2.12. The SMILES string of the molecule is CCCc1c(OCCCC(=O)O)ccc2c(C(F)(F)F)noc12.CNC(=O)[C@@H](N)C(C)C. The number of carbonyl (C=O) groups is 2. The van der Waals surface area contributed by atoms with Gasteiger partial charge in [0, 0.05) is 19.0 Å². The molecule has 1 aromatic carbocycles. The molecule has 2 aromatic rings. The Kier molecular flexibility index (Phi) is 10.4. The Bertz CT molecular complexity index is 897. The minimum atomic E-state index is -4.58. The molecule has 0 saturated heterocycles. The van der Waals surface area contributed by atoms with Gasteiger partial charge in [0.25, 0.3) is 0 Å². The first-order chi connectivity index (χ1) is 14.9. The predicted octanol–water partition coefficient (Wildman–Crippen LogP) is 3.76. The highest BCUT2D eigenvalue weighted by atomic mass is 19.4. The summed E-state index contributed by atoms with van der Waals surface area (Å²) >= 11 is 0. The molecule has 0 unspecified atom stereocenters. The van der Waals surface area contributed by atoms with Gasteiger partial charge < -0.3 is 25.4 Å². The van der Waals surface area contributed by atoms with Crippen LogP contribution >= 0.6 is 0 Å². The molecule has 1 atom stereocenters. The Morgan fingerprint density at radius 3 is 2.44 bits per heavy atom. The standard InChI is InChI=1S/C15H16F3NO4.C6H14N2O/c1-2-4-9-11(22-8-3-5-12(20)21)7-6-10-13(9)23-19-14(10)15(16,17)18;1-4(2)5(7)6(9)8-3/h6-7H,2-5,8H2,1H3,(H,20,21);4-5H,7H2,1-3H3,(H,8,9)/t;5-/m.0/s1. The van der Waals surface area contributed by atoms with Gasteiger partial charge in [0.15, 0.2) is 11.3 Å². The van der Waals surface area contributed by atoms with Gasteiger partial charge in [-0.05, 0) is 30.9 Å². The van der Waals surface area contributed by atoms with Crippen LogP contribution in [0.25, 0.3) is 11.0 Å². The average Bonchev–Trinajstić information content (AvgIpc) is 3.16. The molecule has 0 spiro atoms. The van der Waals surface area contributed by atoms with Gasteiger partial charge in [0.2, 0.25) is 5.91 Å². The lowest BCUT2D eigenvalue weighted by Crippen LogP contribution is -2.42. The van der Waals surface area contributed by atoms with Crippen LogP contribution in [0.1, 0.15) is 51.3 Å². The fourth-order valence-electron chi connectivity index (χ4n) is 2.74. The number of halogens is 3. The molecule has 0 bridgehead atoms. The van der Waals surface area contributed by atoms with Crippen molar-refractivity contribution >= 4 is 22.8 Å². The average molecular weight is 461 g/mol. The quantitative estimate of drug-likeness (QED) is 0.485. The second-order valence-corrected chi connectivity index (χ2v) is 7.43. The Morgan fingerprint density at radius 1 is 1.31 bits per heavy atom. The number of ether oxygens (including phenoxy) is 1. The van der Waals surface area contributed by atoms with Gasteiger partial charge in [0.05, 0.1) is 18.0 Å². The van der Waals surface area contributed by atoms with Crippen LogP contribution < -0.4 is 15.8 Å². The van der Waals surface area contributed by atoms with E-state index in [9.17, 15) is 22.8 Å². The van der Waals surface area contributed by atoms with Crippen LogP contribution in [0.3, 0.4) is 0 Å². The van der Waals surface area contributed by atoms with Crippen molar-refractivity contribution < 1.29 is 37.1 Å². The molecule has 0 aliphatic carbocycles. The monoisotopic (exact) mass is 461 g/mol. The molecule has 11 heteroatoms. The highest BCUT2D eigenvalue weighted by Crippen LogP contribution is 2.38. The number of carboxylic acid groups (broad SMARTS) is 1. The maximum atomic E-state index is 12.9. The zero-order valence-corrected chi connectivity index (χ0v) is 18.6. The lowest BCUT2D eigenvalue weighted by atomic mass is 10.0. The van der Waals surface area contributed by atoms with Gasteiger partial charge in [-0.1, -0.05) is 32.3 Å². The number of hydrogen-bond acceptors (Lipinski definition) is 6. The number of alkyl halides is 3. The molecule has 1 heterocycles. The number of aryl methyl sites for hydroxylation is 1. The molecular formula is C21H30F3N3O5. The molecule has 1 amide bonds. The minimum Gasteiger partial charge on any atom is -0.493 e. The van der Waals surface area contributed by atoms with Crippen molar-refractivity contribution in [3.63, 3.8) is 0 Å². The zero-order chi connectivity index (χ0) is 24.5. The van der Waals surface area contributed by atoms with Crippen molar-refractivity contribution in [3.8, 4) is 5.75 Å². The first kappa shape index (κ1) is 27.2. The van der Waals surface area contributed by atoms with Gasteiger partial charge in [-0.2, -0.15) is 13.2 Å². The van der Waals surface area contributed by atoms with E-state index in [1.807, 2.05) is 20.8 Å². The summed E-state index contributed by atoms with van der Waals surface area (Å²) in [7, 11) is 1.59. The first-order valence-corrected chi connectivity index (χ1v) is 10.2. The number of aromatic nitrogens is 1. The van der Waals surface area contributed by atoms with E-state index in [-0.39, 0.29) is 41.9 Å². The number of benzene rings is 1. The van der Waals surface area contributed by atoms with Crippen molar-refractivity contribution in [1.29, 1.82) is 0 Å². The van der Waals surface area contributed by atoms with Gasteiger partial charge in [-0.15, -0.1) is 0 Å². The van der Waals surface area contributed by atoms with E-state index in [0.29, 0.717) is 30.6 Å². The summed E-state index contributed by atoms with van der Waals surface area (Å²) < 4.78 is 49.1. The summed E-state index contributed by atoms with van der Waals surface area (Å²) in [5.74, 6) is -0.410. The van der Waals surface area contributed by atoms with Gasteiger partial charge in [0.1, 0.15) is 5.75 Å². The first-order valence-electron chi connectivity index (χ1n) is 10.2. The summed E-state index contributed by atoms with van der Waals surface area (Å²) in [6, 6.07) is 2.34. The molecule has 0 aliphatic heterocycles. The van der Waals surface area contributed by atoms with Crippen LogP contribution in [0.5, 0.6) is 5.75 Å². The third kappa shape index (κ3) is 7.70. The molecule has 32 heavy (non-hydrogen) atoms. The maximum Gasteiger partial charge on any atom is 0.437 e. The number of likely N-dealkylation sites (N-methyl/N-ethyl adjacent to an activating group) is 1. The molecule has 180 valence electrons. The molecule has 1 aromatic heterocycles. The van der Waals surface area contributed by atoms with Crippen molar-refractivity contribution in [3.05, 3.63) is 23.4 Å². The number of carbonyl (C=O) groups excluding carboxylic acids is 1. The second kappa shape index (κ2) is 12.3. The maximum absolute atomic E-state index is 12.9. The number of hydrogen-bond donors (Lipinski definition) is 3. The summed E-state index contributed by atoms with van der Waals surface area (Å²) in [6.07, 6.45) is -3.15. The van der Waals surface area contributed by atoms with Gasteiger partial charge in [-0.25, -0.2) is 0 Å². The molecule has 4 N–H and O–H groups in total. The summed E-state index contributed by atoms with van der Waals surface area (Å²) in [5, 5.41) is 14.1. The number of amides is 1. The molecular weight excluding hydrogens is 431 g/mol. The highest BCUT2D eigenvalue weighted by molar-refractivity contribution is 5.85. The predicted molar refractivity (Wildman–Crippen MR) is 112 cm³/mol. The van der Waals surface area contributed by atoms with Crippen LogP contribution in [-0.4, -0.2) is 41.8 Å². The van der Waals surface area contributed by atoms with E-state index in [1.165, 1.54) is 12.1 Å². The Morgan fingerprint density at radius 2 is 1.97 bits per heavy atom. The third-order valence-electron chi connectivity index (χ3n) is 4.53. The Hall–Kier alpha value is -2.82. The fourth-order valence-corrected chi connectivity index (χ4v) is 2.74. The number of rotatable bonds is 9. The van der Waals surface area contributed by atoms with Crippen molar-refractivity contribution in [2.45, 2.75) is 58.7 Å². The second-order valence-electron chi connectivity index (χ2n) is 7.43. The van der Waals surface area contributed by atoms with E-state index in [4.69, 9.17) is 20.1 Å². The molecule has 2 rings (SSSR count). The summed E-state index contributed by atoms with van der Waals surface area (Å²) in [4.78, 5) is 21.2. The summed E-state index contributed by atoms with van der Waals surface area (Å²) in [6.45, 7) is 5.88. The zero-order valence-electron chi connectivity index (χ0n) is 18.6. The van der Waals surface area contributed by atoms with E-state index in [2.05, 4.69) is 10.5 Å². The van der Waals surface area contributed by atoms with E-state index >= 15 is 0 Å². The molecule has 0 radical (unpaired) electrons. The minimum absolute atomic E-state index is 0.0358. The molecule has 0 fully saturated rings. The molecule has 0 aliphatic rings. The van der Waals surface area contributed by atoms with Crippen molar-refractivity contribution in [1.82, 2.24) is 10.5 Å². The van der Waals surface area contributed by atoms with Crippen molar-refractivity contribution in [2.75, 3.05) is 13.7 Å². The van der Waals surface area contributed by atoms with Crippen molar-refractivity contribution in [2.24, 2.45) is 11.7 Å². The van der Waals surface area contributed by atoms with Gasteiger partial charge in [-0.3, -0.25) is 9.59 Å². The van der Waals surface area contributed by atoms with Crippen LogP contribution in [-0.2, 0) is 22.2 Å². The van der Waals surface area contributed by atoms with E-state index < -0.39 is 17.8 Å². The number of fused-ring (bicyclic) bond motifs is 1. The van der Waals surface area contributed by atoms with Crippen LogP contribution in [0.4, 0.5) is 13.2 Å². The normalized spacial score (nSPS) is 12.3. The highest BCUT2D eigenvalue weighted by Gasteiger charge is 2.37. The smallest absolute Gasteiger partial charge is 0.437 e. The Balaban J connectivity index is 0.000000482. The third-order valence-corrected chi connectivity index (χ3v) is 4.53.